The van der Waals surface area contributed by atoms with Crippen molar-refractivity contribution in [1.29, 1.82) is 0 Å². The molecule has 4 nitrogen and oxygen atoms in total. The Labute approximate surface area is 192 Å². The molecule has 0 spiro atoms. The molecule has 1 saturated heterocycles. The molecule has 1 fully saturated rings. The van der Waals surface area contributed by atoms with Gasteiger partial charge in [-0.15, -0.1) is 0 Å². The summed E-state index contributed by atoms with van der Waals surface area (Å²) < 4.78 is 2.31. The van der Waals surface area contributed by atoms with Crippen LogP contribution in [0.5, 0.6) is 0 Å². The van der Waals surface area contributed by atoms with Crippen LogP contribution in [0.3, 0.4) is 0 Å². The van der Waals surface area contributed by atoms with Gasteiger partial charge >= 0.3 is 0 Å². The fourth-order valence-corrected chi connectivity index (χ4v) is 4.88. The van der Waals surface area contributed by atoms with Crippen LogP contribution in [-0.2, 0) is 17.8 Å². The molecular formula is C28H37N3O. The second kappa shape index (κ2) is 10.8. The van der Waals surface area contributed by atoms with Gasteiger partial charge in [0.2, 0.25) is 5.91 Å². The van der Waals surface area contributed by atoms with Crippen molar-refractivity contribution >= 4 is 16.8 Å². The van der Waals surface area contributed by atoms with E-state index in [9.17, 15) is 4.79 Å². The summed E-state index contributed by atoms with van der Waals surface area (Å²) in [6.45, 7) is 8.37. The number of nitrogens with one attached hydrogen (secondary N) is 1. The normalized spacial score (nSPS) is 17.0. The van der Waals surface area contributed by atoms with E-state index in [-0.39, 0.29) is 5.91 Å². The van der Waals surface area contributed by atoms with Crippen LogP contribution in [-0.4, -0.2) is 41.1 Å². The van der Waals surface area contributed by atoms with Crippen molar-refractivity contribution < 1.29 is 4.79 Å². The van der Waals surface area contributed by atoms with Crippen LogP contribution in [0.2, 0.25) is 0 Å². The molecule has 1 atom stereocenters. The zero-order valence-electron chi connectivity index (χ0n) is 19.6. The largest absolute Gasteiger partial charge is 0.356 e. The highest BCUT2D eigenvalue weighted by Gasteiger charge is 2.17. The number of likely N-dealkylation sites (tertiary alicyclic amines) is 1. The van der Waals surface area contributed by atoms with Crippen molar-refractivity contribution in [1.82, 2.24) is 14.8 Å². The lowest BCUT2D eigenvalue weighted by molar-refractivity contribution is -0.121. The predicted molar refractivity (Wildman–Crippen MR) is 133 cm³/mol. The summed E-state index contributed by atoms with van der Waals surface area (Å²) in [6.07, 6.45) is 8.56. The first-order valence-electron chi connectivity index (χ1n) is 12.2. The highest BCUT2D eigenvalue weighted by atomic mass is 16.1. The summed E-state index contributed by atoms with van der Waals surface area (Å²) >= 11 is 0. The second-order valence-electron chi connectivity index (χ2n) is 9.37. The Bertz CT molecular complexity index is 1020. The number of hydrogen-bond donors (Lipinski definition) is 1. The Morgan fingerprint density at radius 2 is 1.91 bits per heavy atom. The van der Waals surface area contributed by atoms with Crippen LogP contribution in [0.25, 0.3) is 10.9 Å². The molecule has 1 unspecified atom stereocenters. The maximum Gasteiger partial charge on any atom is 0.220 e. The lowest BCUT2D eigenvalue weighted by Gasteiger charge is -2.33. The SMILES string of the molecule is Cc1ccc(Cn2cc(CCC(=O)NCCCN3CCCCC3C)c3ccccc32)cc1. The van der Waals surface area contributed by atoms with Crippen LogP contribution >= 0.6 is 0 Å². The fraction of sp³-hybridized carbons (Fsp3) is 0.464. The first-order chi connectivity index (χ1) is 15.6. The number of benzene rings is 2. The molecular weight excluding hydrogens is 394 g/mol. The van der Waals surface area contributed by atoms with E-state index in [1.807, 2.05) is 0 Å². The minimum atomic E-state index is 0.159. The van der Waals surface area contributed by atoms with Gasteiger partial charge in [-0.1, -0.05) is 54.4 Å². The van der Waals surface area contributed by atoms with Crippen LogP contribution in [0.15, 0.2) is 54.7 Å². The topological polar surface area (TPSA) is 37.3 Å². The molecule has 0 saturated carbocycles. The standard InChI is InChI=1S/C28H37N3O/c1-22-11-13-24(14-12-22)20-31-21-25(26-9-3-4-10-27(26)31)15-16-28(32)29-17-7-19-30-18-6-5-8-23(30)2/h3-4,9-14,21,23H,5-8,15-20H2,1-2H3,(H,29,32). The number of carbonyl (C=O) groups excluding carboxylic acids is 1. The molecule has 2 aromatic carbocycles. The average molecular weight is 432 g/mol. The summed E-state index contributed by atoms with van der Waals surface area (Å²) in [5.41, 5.74) is 5.07. The second-order valence-corrected chi connectivity index (χ2v) is 9.37. The van der Waals surface area contributed by atoms with Gasteiger partial charge in [-0.3, -0.25) is 4.79 Å². The third-order valence-electron chi connectivity index (χ3n) is 6.85. The van der Waals surface area contributed by atoms with Crippen LogP contribution in [0, 0.1) is 6.92 Å². The molecule has 0 radical (unpaired) electrons. The molecule has 4 rings (SSSR count). The molecule has 1 aromatic heterocycles. The highest BCUT2D eigenvalue weighted by Crippen LogP contribution is 2.24. The molecule has 4 heteroatoms. The van der Waals surface area contributed by atoms with E-state index < -0.39 is 0 Å². The van der Waals surface area contributed by atoms with Crippen LogP contribution < -0.4 is 5.32 Å². The third-order valence-corrected chi connectivity index (χ3v) is 6.85. The third kappa shape index (κ3) is 5.80. The lowest BCUT2D eigenvalue weighted by atomic mass is 10.0. The van der Waals surface area contributed by atoms with Crippen molar-refractivity contribution in [3.63, 3.8) is 0 Å². The maximum atomic E-state index is 12.5. The molecule has 1 aliphatic rings. The zero-order chi connectivity index (χ0) is 22.3. The summed E-state index contributed by atoms with van der Waals surface area (Å²) in [7, 11) is 0. The Balaban J connectivity index is 1.30. The number of nitrogens with zero attached hydrogens (tertiary/aromatic N) is 2. The van der Waals surface area contributed by atoms with E-state index in [4.69, 9.17) is 0 Å². The Morgan fingerprint density at radius 1 is 1.09 bits per heavy atom. The molecule has 1 amide bonds. The first kappa shape index (κ1) is 22.6. The molecule has 1 N–H and O–H groups in total. The summed E-state index contributed by atoms with van der Waals surface area (Å²) in [4.78, 5) is 15.0. The number of piperidine rings is 1. The van der Waals surface area contributed by atoms with Gasteiger partial charge in [-0.05, 0) is 63.3 Å². The van der Waals surface area contributed by atoms with E-state index in [2.05, 4.69) is 83.4 Å². The number of carbonyl (C=O) groups is 1. The van der Waals surface area contributed by atoms with E-state index in [0.29, 0.717) is 12.5 Å². The molecule has 2 heterocycles. The van der Waals surface area contributed by atoms with Gasteiger partial charge in [0.25, 0.3) is 0 Å². The maximum absolute atomic E-state index is 12.5. The number of aromatic nitrogens is 1. The van der Waals surface area contributed by atoms with Crippen LogP contribution in [0.1, 0.15) is 55.7 Å². The van der Waals surface area contributed by atoms with Gasteiger partial charge in [0.1, 0.15) is 0 Å². The van der Waals surface area contributed by atoms with Crippen molar-refractivity contribution in [2.45, 2.75) is 65.0 Å². The number of amides is 1. The van der Waals surface area contributed by atoms with Crippen molar-refractivity contribution in [3.05, 3.63) is 71.4 Å². The van der Waals surface area contributed by atoms with E-state index in [1.54, 1.807) is 0 Å². The number of fused-ring (bicyclic) bond motifs is 1. The Kier molecular flexibility index (Phi) is 7.64. The molecule has 1 aliphatic heterocycles. The fourth-order valence-electron chi connectivity index (χ4n) is 4.88. The Hall–Kier alpha value is -2.59. The highest BCUT2D eigenvalue weighted by molar-refractivity contribution is 5.85. The molecule has 170 valence electrons. The molecule has 0 bridgehead atoms. The van der Waals surface area contributed by atoms with Gasteiger partial charge < -0.3 is 14.8 Å². The smallest absolute Gasteiger partial charge is 0.220 e. The average Bonchev–Trinajstić information content (AvgIpc) is 3.15. The molecule has 3 aromatic rings. The van der Waals surface area contributed by atoms with E-state index in [0.717, 1.165) is 32.5 Å². The molecule has 32 heavy (non-hydrogen) atoms. The van der Waals surface area contributed by atoms with Crippen molar-refractivity contribution in [2.75, 3.05) is 19.6 Å². The Morgan fingerprint density at radius 3 is 2.72 bits per heavy atom. The summed E-state index contributed by atoms with van der Waals surface area (Å²) in [6, 6.07) is 17.9. The van der Waals surface area contributed by atoms with Gasteiger partial charge in [-0.2, -0.15) is 0 Å². The number of para-hydroxylation sites is 1. The number of hydrogen-bond acceptors (Lipinski definition) is 2. The monoisotopic (exact) mass is 431 g/mol. The van der Waals surface area contributed by atoms with E-state index in [1.165, 1.54) is 53.4 Å². The van der Waals surface area contributed by atoms with Crippen LogP contribution in [0.4, 0.5) is 0 Å². The van der Waals surface area contributed by atoms with Crippen molar-refractivity contribution in [2.24, 2.45) is 0 Å². The predicted octanol–water partition coefficient (Wildman–Crippen LogP) is 5.31. The summed E-state index contributed by atoms with van der Waals surface area (Å²) in [5, 5.41) is 4.39. The zero-order valence-corrected chi connectivity index (χ0v) is 19.6. The van der Waals surface area contributed by atoms with Gasteiger partial charge in [0, 0.05) is 49.2 Å². The van der Waals surface area contributed by atoms with Gasteiger partial charge in [0.05, 0.1) is 0 Å². The lowest BCUT2D eigenvalue weighted by Crippen LogP contribution is -2.39. The minimum absolute atomic E-state index is 0.159. The summed E-state index contributed by atoms with van der Waals surface area (Å²) in [5.74, 6) is 0.159. The number of aryl methyl sites for hydroxylation is 2. The quantitative estimate of drug-likeness (QED) is 0.466. The number of rotatable bonds is 9. The molecule has 0 aliphatic carbocycles. The van der Waals surface area contributed by atoms with Gasteiger partial charge in [-0.25, -0.2) is 0 Å². The minimum Gasteiger partial charge on any atom is -0.356 e. The van der Waals surface area contributed by atoms with Gasteiger partial charge in [0.15, 0.2) is 0 Å². The van der Waals surface area contributed by atoms with Crippen molar-refractivity contribution in [3.8, 4) is 0 Å². The van der Waals surface area contributed by atoms with E-state index >= 15 is 0 Å². The first-order valence-corrected chi connectivity index (χ1v) is 12.2.